The highest BCUT2D eigenvalue weighted by molar-refractivity contribution is 7.91. The molecular formula is C12H13N5O2S2. The molecule has 0 aliphatic carbocycles. The average molecular weight is 323 g/mol. The zero-order valence-electron chi connectivity index (χ0n) is 11.2. The molecule has 1 N–H and O–H groups in total. The topological polar surface area (TPSA) is 99.0 Å². The minimum Gasteiger partial charge on any atom is -0.367 e. The number of aromatic nitrogens is 2. The molecule has 0 aromatic carbocycles. The van der Waals surface area contributed by atoms with E-state index in [4.69, 9.17) is 5.26 Å². The van der Waals surface area contributed by atoms with Gasteiger partial charge in [0, 0.05) is 20.1 Å². The van der Waals surface area contributed by atoms with Crippen molar-refractivity contribution in [1.29, 1.82) is 5.26 Å². The van der Waals surface area contributed by atoms with Gasteiger partial charge in [0.15, 0.2) is 5.69 Å². The molecule has 2 aromatic heterocycles. The number of nitriles is 1. The fraction of sp³-hybridized carbons (Fsp3) is 0.250. The summed E-state index contributed by atoms with van der Waals surface area (Å²) >= 11 is 1.19. The van der Waals surface area contributed by atoms with Crippen LogP contribution in [-0.4, -0.2) is 43.1 Å². The lowest BCUT2D eigenvalue weighted by Crippen LogP contribution is -2.31. The van der Waals surface area contributed by atoms with Gasteiger partial charge in [-0.1, -0.05) is 6.07 Å². The lowest BCUT2D eigenvalue weighted by atomic mass is 10.4. The summed E-state index contributed by atoms with van der Waals surface area (Å²) in [6.45, 7) is 0.684. The van der Waals surface area contributed by atoms with E-state index < -0.39 is 10.0 Å². The Morgan fingerprint density at radius 3 is 2.76 bits per heavy atom. The molecule has 110 valence electrons. The molecule has 0 saturated heterocycles. The van der Waals surface area contributed by atoms with Gasteiger partial charge in [0.1, 0.15) is 16.1 Å². The van der Waals surface area contributed by atoms with E-state index in [0.717, 1.165) is 0 Å². The van der Waals surface area contributed by atoms with Crippen LogP contribution >= 0.6 is 11.3 Å². The summed E-state index contributed by atoms with van der Waals surface area (Å²) in [7, 11) is -1.90. The Morgan fingerprint density at radius 1 is 1.38 bits per heavy atom. The molecule has 0 spiro atoms. The number of likely N-dealkylation sites (N-methyl/N-ethyl adjacent to an activating group) is 1. The van der Waals surface area contributed by atoms with Crippen LogP contribution in [0.3, 0.4) is 0 Å². The van der Waals surface area contributed by atoms with E-state index in [1.54, 1.807) is 29.6 Å². The summed E-state index contributed by atoms with van der Waals surface area (Å²) in [5.74, 6) is 0.496. The number of nitrogens with zero attached hydrogens (tertiary/aromatic N) is 4. The molecule has 0 atom stereocenters. The Balaban J connectivity index is 1.89. The summed E-state index contributed by atoms with van der Waals surface area (Å²) in [6, 6.07) is 8.33. The van der Waals surface area contributed by atoms with Crippen LogP contribution in [0.1, 0.15) is 5.69 Å². The fourth-order valence-electron chi connectivity index (χ4n) is 1.51. The number of rotatable bonds is 6. The Labute approximate surface area is 126 Å². The lowest BCUT2D eigenvalue weighted by Gasteiger charge is -2.16. The minimum atomic E-state index is -3.43. The third-order valence-electron chi connectivity index (χ3n) is 2.67. The van der Waals surface area contributed by atoms with Crippen molar-refractivity contribution in [3.05, 3.63) is 35.3 Å². The summed E-state index contributed by atoms with van der Waals surface area (Å²) < 4.78 is 25.9. The summed E-state index contributed by atoms with van der Waals surface area (Å²) in [5.41, 5.74) is 0.234. The SMILES string of the molecule is CN(CCNc1ccc(C#N)nn1)S(=O)(=O)c1cccs1. The van der Waals surface area contributed by atoms with Crippen molar-refractivity contribution in [2.75, 3.05) is 25.5 Å². The highest BCUT2D eigenvalue weighted by Crippen LogP contribution is 2.19. The van der Waals surface area contributed by atoms with Crippen LogP contribution in [0, 0.1) is 11.3 Å². The molecule has 0 radical (unpaired) electrons. The maximum Gasteiger partial charge on any atom is 0.252 e. The Hall–Kier alpha value is -2.02. The number of thiophene rings is 1. The highest BCUT2D eigenvalue weighted by Gasteiger charge is 2.21. The standard InChI is InChI=1S/C12H13N5O2S2/c1-17(21(18,19)12-3-2-8-20-12)7-6-14-11-5-4-10(9-13)15-16-11/h2-5,8H,6-7H2,1H3,(H,14,16). The summed E-state index contributed by atoms with van der Waals surface area (Å²) in [4.78, 5) is 0. The third-order valence-corrected chi connectivity index (χ3v) is 5.90. The Kier molecular flexibility index (Phi) is 4.85. The molecule has 0 unspecified atom stereocenters. The fourth-order valence-corrected chi connectivity index (χ4v) is 3.88. The van der Waals surface area contributed by atoms with E-state index in [-0.39, 0.29) is 5.69 Å². The number of anilines is 1. The minimum absolute atomic E-state index is 0.234. The zero-order chi connectivity index (χ0) is 15.3. The monoisotopic (exact) mass is 323 g/mol. The van der Waals surface area contributed by atoms with Gasteiger partial charge in [-0.15, -0.1) is 21.5 Å². The van der Waals surface area contributed by atoms with Crippen molar-refractivity contribution in [2.24, 2.45) is 0 Å². The van der Waals surface area contributed by atoms with E-state index >= 15 is 0 Å². The van der Waals surface area contributed by atoms with Gasteiger partial charge in [-0.3, -0.25) is 0 Å². The maximum absolute atomic E-state index is 12.2. The van der Waals surface area contributed by atoms with Gasteiger partial charge in [0.2, 0.25) is 0 Å². The van der Waals surface area contributed by atoms with Crippen molar-refractivity contribution in [2.45, 2.75) is 4.21 Å². The third kappa shape index (κ3) is 3.75. The first-order valence-electron chi connectivity index (χ1n) is 6.01. The van der Waals surface area contributed by atoms with Crippen molar-refractivity contribution in [1.82, 2.24) is 14.5 Å². The molecular weight excluding hydrogens is 310 g/mol. The largest absolute Gasteiger partial charge is 0.367 e. The molecule has 0 aliphatic heterocycles. The number of hydrogen-bond donors (Lipinski definition) is 1. The van der Waals surface area contributed by atoms with Crippen molar-refractivity contribution in [3.63, 3.8) is 0 Å². The average Bonchev–Trinajstić information content (AvgIpc) is 3.02. The number of hydrogen-bond acceptors (Lipinski definition) is 7. The second-order valence-electron chi connectivity index (χ2n) is 4.10. The smallest absolute Gasteiger partial charge is 0.252 e. The van der Waals surface area contributed by atoms with E-state index in [1.165, 1.54) is 22.7 Å². The van der Waals surface area contributed by atoms with E-state index in [9.17, 15) is 8.42 Å². The van der Waals surface area contributed by atoms with Crippen LogP contribution < -0.4 is 5.32 Å². The van der Waals surface area contributed by atoms with E-state index in [0.29, 0.717) is 23.1 Å². The molecule has 0 amide bonds. The molecule has 2 rings (SSSR count). The van der Waals surface area contributed by atoms with Crippen LogP contribution in [-0.2, 0) is 10.0 Å². The second-order valence-corrected chi connectivity index (χ2v) is 7.32. The van der Waals surface area contributed by atoms with Gasteiger partial charge < -0.3 is 5.32 Å². The van der Waals surface area contributed by atoms with Crippen LogP contribution in [0.2, 0.25) is 0 Å². The summed E-state index contributed by atoms with van der Waals surface area (Å²) in [6.07, 6.45) is 0. The first-order chi connectivity index (χ1) is 10.0. The second kappa shape index (κ2) is 6.62. The molecule has 9 heteroatoms. The highest BCUT2D eigenvalue weighted by atomic mass is 32.2. The Morgan fingerprint density at radius 2 is 2.19 bits per heavy atom. The molecule has 21 heavy (non-hydrogen) atoms. The normalized spacial score (nSPS) is 11.3. The van der Waals surface area contributed by atoms with E-state index in [1.807, 2.05) is 6.07 Å². The van der Waals surface area contributed by atoms with Gasteiger partial charge in [-0.2, -0.15) is 9.57 Å². The van der Waals surface area contributed by atoms with Crippen LogP contribution in [0.25, 0.3) is 0 Å². The molecule has 2 aromatic rings. The summed E-state index contributed by atoms with van der Waals surface area (Å²) in [5, 5.41) is 20.8. The molecule has 0 saturated carbocycles. The number of sulfonamides is 1. The van der Waals surface area contributed by atoms with Gasteiger partial charge in [0.05, 0.1) is 0 Å². The molecule has 0 bridgehead atoms. The van der Waals surface area contributed by atoms with Crippen molar-refractivity contribution >= 4 is 27.2 Å². The number of nitrogens with one attached hydrogen (secondary N) is 1. The first-order valence-corrected chi connectivity index (χ1v) is 8.33. The quantitative estimate of drug-likeness (QED) is 0.856. The van der Waals surface area contributed by atoms with Crippen molar-refractivity contribution < 1.29 is 8.42 Å². The first kappa shape index (κ1) is 15.4. The maximum atomic E-state index is 12.2. The molecule has 2 heterocycles. The predicted octanol–water partition coefficient (Wildman–Crippen LogP) is 1.14. The van der Waals surface area contributed by atoms with E-state index in [2.05, 4.69) is 15.5 Å². The van der Waals surface area contributed by atoms with Gasteiger partial charge >= 0.3 is 0 Å². The van der Waals surface area contributed by atoms with Gasteiger partial charge in [-0.05, 0) is 23.6 Å². The Bertz CT molecular complexity index is 720. The lowest BCUT2D eigenvalue weighted by molar-refractivity contribution is 0.482. The molecule has 0 aliphatic rings. The molecule has 0 fully saturated rings. The van der Waals surface area contributed by atoms with Crippen LogP contribution in [0.15, 0.2) is 33.9 Å². The molecule has 7 nitrogen and oxygen atoms in total. The van der Waals surface area contributed by atoms with Crippen LogP contribution in [0.4, 0.5) is 5.82 Å². The van der Waals surface area contributed by atoms with Gasteiger partial charge in [0.25, 0.3) is 10.0 Å². The van der Waals surface area contributed by atoms with Gasteiger partial charge in [-0.25, -0.2) is 8.42 Å². The van der Waals surface area contributed by atoms with Crippen molar-refractivity contribution in [3.8, 4) is 6.07 Å². The van der Waals surface area contributed by atoms with Crippen LogP contribution in [0.5, 0.6) is 0 Å². The zero-order valence-corrected chi connectivity index (χ0v) is 12.9. The predicted molar refractivity (Wildman–Crippen MR) is 79.4 cm³/mol.